The van der Waals surface area contributed by atoms with Crippen LogP contribution in [0.15, 0.2) is 24.3 Å². The summed E-state index contributed by atoms with van der Waals surface area (Å²) in [6.45, 7) is 5.85. The van der Waals surface area contributed by atoms with Crippen molar-refractivity contribution in [2.24, 2.45) is 17.4 Å². The fourth-order valence-corrected chi connectivity index (χ4v) is 2.23. The van der Waals surface area contributed by atoms with Gasteiger partial charge in [-0.05, 0) is 48.9 Å². The molecule has 0 saturated heterocycles. The van der Waals surface area contributed by atoms with Gasteiger partial charge in [0.25, 0.3) is 0 Å². The molecule has 4 N–H and O–H groups in total. The quantitative estimate of drug-likeness (QED) is 0.762. The fourth-order valence-electron chi connectivity index (χ4n) is 2.23. The molecule has 0 aliphatic carbocycles. The summed E-state index contributed by atoms with van der Waals surface area (Å²) >= 11 is 0. The van der Waals surface area contributed by atoms with Gasteiger partial charge < -0.3 is 11.5 Å². The largest absolute Gasteiger partial charge is 0.330 e. The van der Waals surface area contributed by atoms with Gasteiger partial charge in [-0.2, -0.15) is 0 Å². The summed E-state index contributed by atoms with van der Waals surface area (Å²) in [6.07, 6.45) is 3.46. The minimum Gasteiger partial charge on any atom is -0.330 e. The summed E-state index contributed by atoms with van der Waals surface area (Å²) in [6, 6.07) is 8.99. The zero-order valence-corrected chi connectivity index (χ0v) is 11.2. The van der Waals surface area contributed by atoms with Crippen molar-refractivity contribution in [3.8, 4) is 0 Å². The molecule has 0 spiro atoms. The molecule has 2 heteroatoms. The Morgan fingerprint density at radius 2 is 1.65 bits per heavy atom. The van der Waals surface area contributed by atoms with Crippen LogP contribution in [0.25, 0.3) is 0 Å². The van der Waals surface area contributed by atoms with Crippen LogP contribution in [0.4, 0.5) is 0 Å². The summed E-state index contributed by atoms with van der Waals surface area (Å²) in [4.78, 5) is 0. The highest BCUT2D eigenvalue weighted by Gasteiger charge is 2.11. The van der Waals surface area contributed by atoms with Crippen molar-refractivity contribution in [2.75, 3.05) is 13.1 Å². The maximum Gasteiger partial charge on any atom is -0.00366 e. The van der Waals surface area contributed by atoms with Crippen molar-refractivity contribution in [1.29, 1.82) is 0 Å². The third kappa shape index (κ3) is 4.49. The lowest BCUT2D eigenvalue weighted by Crippen LogP contribution is -2.24. The molecule has 1 unspecified atom stereocenters. The maximum atomic E-state index is 5.69. The lowest BCUT2D eigenvalue weighted by molar-refractivity contribution is 0.465. The Kier molecular flexibility index (Phi) is 6.23. The Labute approximate surface area is 105 Å². The first-order valence-electron chi connectivity index (χ1n) is 6.70. The molecule has 96 valence electrons. The van der Waals surface area contributed by atoms with Gasteiger partial charge >= 0.3 is 0 Å². The molecule has 0 fully saturated rings. The lowest BCUT2D eigenvalue weighted by atomic mass is 9.89. The lowest BCUT2D eigenvalue weighted by Gasteiger charge is -2.18. The van der Waals surface area contributed by atoms with Crippen LogP contribution in [0, 0.1) is 5.92 Å². The number of rotatable bonds is 7. The maximum absolute atomic E-state index is 5.69. The highest BCUT2D eigenvalue weighted by atomic mass is 14.6. The molecule has 1 aromatic rings. The summed E-state index contributed by atoms with van der Waals surface area (Å²) < 4.78 is 0. The summed E-state index contributed by atoms with van der Waals surface area (Å²) in [5.74, 6) is 0.989. The number of hydrogen-bond donors (Lipinski definition) is 2. The molecule has 2 nitrogen and oxygen atoms in total. The van der Waals surface area contributed by atoms with E-state index in [1.807, 2.05) is 0 Å². The van der Waals surface area contributed by atoms with Gasteiger partial charge in [0, 0.05) is 0 Å². The number of nitrogens with two attached hydrogens (primary N) is 2. The smallest absolute Gasteiger partial charge is 0.00366 e. The van der Waals surface area contributed by atoms with Gasteiger partial charge in [-0.15, -0.1) is 0 Å². The van der Waals surface area contributed by atoms with Gasteiger partial charge in [-0.3, -0.25) is 0 Å². The van der Waals surface area contributed by atoms with Crippen LogP contribution in [-0.4, -0.2) is 13.1 Å². The van der Waals surface area contributed by atoms with E-state index in [0.29, 0.717) is 24.9 Å². The van der Waals surface area contributed by atoms with Crippen LogP contribution in [0.2, 0.25) is 0 Å². The van der Waals surface area contributed by atoms with E-state index in [-0.39, 0.29) is 0 Å². The minimum atomic E-state index is 0.445. The van der Waals surface area contributed by atoms with Crippen LogP contribution in [-0.2, 0) is 6.42 Å². The van der Waals surface area contributed by atoms with Gasteiger partial charge in [0.1, 0.15) is 0 Å². The van der Waals surface area contributed by atoms with E-state index in [9.17, 15) is 0 Å². The van der Waals surface area contributed by atoms with Crippen molar-refractivity contribution in [3.05, 3.63) is 35.4 Å². The Bertz CT molecular complexity index is 301. The van der Waals surface area contributed by atoms with E-state index in [0.717, 1.165) is 6.42 Å². The molecule has 0 radical (unpaired) electrons. The van der Waals surface area contributed by atoms with Crippen LogP contribution >= 0.6 is 0 Å². The first-order chi connectivity index (χ1) is 8.21. The van der Waals surface area contributed by atoms with Gasteiger partial charge in [-0.1, -0.05) is 44.5 Å². The van der Waals surface area contributed by atoms with Crippen molar-refractivity contribution in [3.63, 3.8) is 0 Å². The Morgan fingerprint density at radius 1 is 1.06 bits per heavy atom. The summed E-state index contributed by atoms with van der Waals surface area (Å²) in [7, 11) is 0. The van der Waals surface area contributed by atoms with E-state index in [1.54, 1.807) is 0 Å². The van der Waals surface area contributed by atoms with E-state index in [2.05, 4.69) is 38.1 Å². The molecule has 0 saturated carbocycles. The Hall–Kier alpha value is -0.860. The first-order valence-corrected chi connectivity index (χ1v) is 6.70. The average Bonchev–Trinajstić information content (AvgIpc) is 2.37. The molecule has 0 aliphatic rings. The molecule has 17 heavy (non-hydrogen) atoms. The highest BCUT2D eigenvalue weighted by molar-refractivity contribution is 5.25. The number of benzene rings is 1. The molecule has 1 aromatic carbocycles. The van der Waals surface area contributed by atoms with Gasteiger partial charge in [-0.25, -0.2) is 0 Å². The summed E-state index contributed by atoms with van der Waals surface area (Å²) in [5, 5.41) is 0. The van der Waals surface area contributed by atoms with Gasteiger partial charge in [0.15, 0.2) is 0 Å². The van der Waals surface area contributed by atoms with Crippen molar-refractivity contribution in [1.82, 2.24) is 0 Å². The standard InChI is InChI=1S/C15H26N2/c1-3-4-13-5-7-15(8-6-13)12(2)9-14(10-16)11-17/h5-8,12,14H,3-4,9-11,16-17H2,1-2H3. The zero-order valence-electron chi connectivity index (χ0n) is 11.2. The van der Waals surface area contributed by atoms with Gasteiger partial charge in [0.2, 0.25) is 0 Å². The molecule has 0 heterocycles. The molecule has 0 amide bonds. The van der Waals surface area contributed by atoms with Crippen LogP contribution in [0.1, 0.15) is 43.7 Å². The molecular formula is C15H26N2. The van der Waals surface area contributed by atoms with Crippen molar-refractivity contribution in [2.45, 2.75) is 39.0 Å². The molecule has 1 rings (SSSR count). The molecule has 0 aliphatic heterocycles. The second-order valence-corrected chi connectivity index (χ2v) is 4.97. The van der Waals surface area contributed by atoms with E-state index < -0.39 is 0 Å². The van der Waals surface area contributed by atoms with Crippen molar-refractivity contribution < 1.29 is 0 Å². The van der Waals surface area contributed by atoms with Crippen LogP contribution in [0.5, 0.6) is 0 Å². The van der Waals surface area contributed by atoms with E-state index >= 15 is 0 Å². The topological polar surface area (TPSA) is 52.0 Å². The normalized spacial score (nSPS) is 13.0. The van der Waals surface area contributed by atoms with E-state index in [4.69, 9.17) is 11.5 Å². The monoisotopic (exact) mass is 234 g/mol. The third-order valence-corrected chi connectivity index (χ3v) is 3.44. The number of hydrogen-bond acceptors (Lipinski definition) is 2. The highest BCUT2D eigenvalue weighted by Crippen LogP contribution is 2.23. The molecule has 0 bridgehead atoms. The SMILES string of the molecule is CCCc1ccc(C(C)CC(CN)CN)cc1. The Balaban J connectivity index is 2.59. The molecule has 0 aromatic heterocycles. The average molecular weight is 234 g/mol. The fraction of sp³-hybridized carbons (Fsp3) is 0.600. The van der Waals surface area contributed by atoms with Crippen LogP contribution in [0.3, 0.4) is 0 Å². The zero-order chi connectivity index (χ0) is 12.7. The second-order valence-electron chi connectivity index (χ2n) is 4.97. The summed E-state index contributed by atoms with van der Waals surface area (Å²) in [5.41, 5.74) is 14.2. The van der Waals surface area contributed by atoms with E-state index in [1.165, 1.54) is 24.0 Å². The predicted molar refractivity (Wildman–Crippen MR) is 75.1 cm³/mol. The van der Waals surface area contributed by atoms with Crippen LogP contribution < -0.4 is 11.5 Å². The molecule has 1 atom stereocenters. The second kappa shape index (κ2) is 7.46. The predicted octanol–water partition coefficient (Wildman–Crippen LogP) is 2.67. The third-order valence-electron chi connectivity index (χ3n) is 3.44. The Morgan fingerprint density at radius 3 is 2.12 bits per heavy atom. The first kappa shape index (κ1) is 14.2. The van der Waals surface area contributed by atoms with Crippen molar-refractivity contribution >= 4 is 0 Å². The molecular weight excluding hydrogens is 208 g/mol. The van der Waals surface area contributed by atoms with Gasteiger partial charge in [0.05, 0.1) is 0 Å². The number of aryl methyl sites for hydroxylation is 1. The minimum absolute atomic E-state index is 0.445.